The van der Waals surface area contributed by atoms with E-state index < -0.39 is 0 Å². The molecule has 138 valence electrons. The van der Waals surface area contributed by atoms with Crippen LogP contribution < -0.4 is 0 Å². The molecular weight excluding hydrogens is 381 g/mol. The summed E-state index contributed by atoms with van der Waals surface area (Å²) in [5, 5.41) is 22.4. The molecule has 0 aliphatic carbocycles. The summed E-state index contributed by atoms with van der Waals surface area (Å²) in [4.78, 5) is 0. The van der Waals surface area contributed by atoms with E-state index in [-0.39, 0.29) is 5.82 Å². The van der Waals surface area contributed by atoms with Crippen LogP contribution in [0.25, 0.3) is 28.6 Å². The largest absolute Gasteiger partial charge is 0.461 e. The summed E-state index contributed by atoms with van der Waals surface area (Å²) in [5.41, 5.74) is 0.861. The van der Waals surface area contributed by atoms with Gasteiger partial charge in [-0.3, -0.25) is 0 Å². The molecule has 1 aromatic carbocycles. The number of hydrogen-bond donors (Lipinski definition) is 0. The van der Waals surface area contributed by atoms with Crippen LogP contribution in [0, 0.1) is 5.82 Å². The van der Waals surface area contributed by atoms with Gasteiger partial charge in [-0.2, -0.15) is 9.61 Å². The molecule has 0 bridgehead atoms. The first kappa shape index (κ1) is 16.6. The Morgan fingerprint density at radius 1 is 0.929 bits per heavy atom. The van der Waals surface area contributed by atoms with Crippen LogP contribution in [0.5, 0.6) is 0 Å². The smallest absolute Gasteiger partial charge is 0.200 e. The third kappa shape index (κ3) is 2.74. The maximum absolute atomic E-state index is 14.2. The second-order valence-electron chi connectivity index (χ2n) is 5.89. The second kappa shape index (κ2) is 6.57. The summed E-state index contributed by atoms with van der Waals surface area (Å²) in [6.45, 7) is 0. The highest BCUT2D eigenvalue weighted by Gasteiger charge is 2.17. The summed E-state index contributed by atoms with van der Waals surface area (Å²) in [6, 6.07) is 13.6. The van der Waals surface area contributed by atoms with Crippen molar-refractivity contribution in [2.45, 2.75) is 10.2 Å². The molecule has 4 heterocycles. The first-order valence-corrected chi connectivity index (χ1v) is 9.11. The van der Waals surface area contributed by atoms with E-state index in [1.54, 1.807) is 42.7 Å². The molecule has 0 radical (unpaired) electrons. The van der Waals surface area contributed by atoms with Crippen molar-refractivity contribution in [1.82, 2.24) is 34.6 Å². The third-order valence-corrected chi connectivity index (χ3v) is 5.09. The van der Waals surface area contributed by atoms with Crippen LogP contribution in [-0.2, 0) is 7.05 Å². The van der Waals surface area contributed by atoms with Gasteiger partial charge in [0.05, 0.1) is 11.8 Å². The van der Waals surface area contributed by atoms with Crippen LogP contribution in [0.3, 0.4) is 0 Å². The minimum Gasteiger partial charge on any atom is -0.461 e. The lowest BCUT2D eigenvalue weighted by Gasteiger charge is -2.04. The van der Waals surface area contributed by atoms with E-state index in [9.17, 15) is 4.39 Å². The van der Waals surface area contributed by atoms with Gasteiger partial charge in [0.2, 0.25) is 0 Å². The molecule has 0 atom stereocenters. The fourth-order valence-electron chi connectivity index (χ4n) is 2.75. The van der Waals surface area contributed by atoms with Crippen molar-refractivity contribution in [1.29, 1.82) is 0 Å². The van der Waals surface area contributed by atoms with E-state index in [2.05, 4.69) is 25.5 Å². The number of nitrogens with zero attached hydrogens (tertiary/aromatic N) is 7. The predicted molar refractivity (Wildman–Crippen MR) is 99.0 cm³/mol. The lowest BCUT2D eigenvalue weighted by molar-refractivity contribution is 0.572. The molecule has 10 heteroatoms. The zero-order valence-corrected chi connectivity index (χ0v) is 15.3. The molecule has 28 heavy (non-hydrogen) atoms. The number of benzene rings is 1. The molecule has 0 unspecified atom stereocenters. The molecule has 4 aromatic heterocycles. The Kier molecular flexibility index (Phi) is 3.90. The quantitative estimate of drug-likeness (QED) is 0.462. The highest BCUT2D eigenvalue weighted by atomic mass is 32.2. The van der Waals surface area contributed by atoms with Crippen LogP contribution in [0.4, 0.5) is 4.39 Å². The second-order valence-corrected chi connectivity index (χ2v) is 6.88. The molecule has 0 N–H and O–H groups in total. The van der Waals surface area contributed by atoms with Crippen molar-refractivity contribution >= 4 is 17.4 Å². The van der Waals surface area contributed by atoms with Crippen LogP contribution in [0.1, 0.15) is 0 Å². The highest BCUT2D eigenvalue weighted by molar-refractivity contribution is 7.99. The third-order valence-electron chi connectivity index (χ3n) is 4.13. The molecule has 0 spiro atoms. The van der Waals surface area contributed by atoms with Crippen LogP contribution in [0.15, 0.2) is 69.4 Å². The van der Waals surface area contributed by atoms with Gasteiger partial charge in [-0.1, -0.05) is 12.1 Å². The van der Waals surface area contributed by atoms with Gasteiger partial charge >= 0.3 is 0 Å². The number of halogens is 1. The molecule has 0 aliphatic heterocycles. The van der Waals surface area contributed by atoms with Crippen molar-refractivity contribution in [3.63, 3.8) is 0 Å². The topological polar surface area (TPSA) is 86.9 Å². The normalized spacial score (nSPS) is 11.4. The molecule has 5 aromatic rings. The zero-order valence-electron chi connectivity index (χ0n) is 14.5. The van der Waals surface area contributed by atoms with Crippen molar-refractivity contribution in [3.8, 4) is 23.0 Å². The minimum absolute atomic E-state index is 0.336. The predicted octanol–water partition coefficient (Wildman–Crippen LogP) is 3.47. The van der Waals surface area contributed by atoms with E-state index >= 15 is 0 Å². The van der Waals surface area contributed by atoms with E-state index in [4.69, 9.17) is 4.42 Å². The summed E-state index contributed by atoms with van der Waals surface area (Å²) in [7, 11) is 1.85. The fourth-order valence-corrected chi connectivity index (χ4v) is 3.51. The molecule has 0 fully saturated rings. The average Bonchev–Trinajstić information content (AvgIpc) is 3.43. The Morgan fingerprint density at radius 2 is 1.79 bits per heavy atom. The summed E-state index contributed by atoms with van der Waals surface area (Å²) >= 11 is 1.33. The van der Waals surface area contributed by atoms with Crippen LogP contribution >= 0.6 is 11.8 Å². The molecular formula is C18H12FN7OS. The molecule has 5 rings (SSSR count). The van der Waals surface area contributed by atoms with Gasteiger partial charge in [-0.05, 0) is 48.2 Å². The van der Waals surface area contributed by atoms with Gasteiger partial charge in [-0.25, -0.2) is 4.39 Å². The number of fused-ring (bicyclic) bond motifs is 1. The van der Waals surface area contributed by atoms with Crippen molar-refractivity contribution in [2.75, 3.05) is 0 Å². The van der Waals surface area contributed by atoms with E-state index in [1.165, 1.54) is 22.3 Å². The maximum atomic E-state index is 14.2. The average molecular weight is 393 g/mol. The first-order chi connectivity index (χ1) is 13.7. The Hall–Kier alpha value is -3.53. The van der Waals surface area contributed by atoms with Crippen LogP contribution in [-0.4, -0.2) is 34.6 Å². The molecule has 0 saturated heterocycles. The van der Waals surface area contributed by atoms with Gasteiger partial charge in [0.25, 0.3) is 0 Å². The van der Waals surface area contributed by atoms with Crippen molar-refractivity contribution < 1.29 is 8.81 Å². The van der Waals surface area contributed by atoms with E-state index in [0.717, 1.165) is 0 Å². The molecule has 8 nitrogen and oxygen atoms in total. The Balaban J connectivity index is 1.53. The lowest BCUT2D eigenvalue weighted by atomic mass is 10.2. The summed E-state index contributed by atoms with van der Waals surface area (Å²) < 4.78 is 22.9. The monoisotopic (exact) mass is 393 g/mol. The number of furan rings is 1. The van der Waals surface area contributed by atoms with Crippen molar-refractivity contribution in [2.24, 2.45) is 7.05 Å². The van der Waals surface area contributed by atoms with Gasteiger partial charge in [0, 0.05) is 7.05 Å². The zero-order chi connectivity index (χ0) is 19.1. The SMILES string of the molecule is Cn1c(Sc2ccc3nnc(-c4ccccc4F)n3n2)nnc1-c1ccco1. The Bertz CT molecular complexity index is 1280. The van der Waals surface area contributed by atoms with Gasteiger partial charge in [0.15, 0.2) is 28.2 Å². The summed E-state index contributed by atoms with van der Waals surface area (Å²) in [6.07, 6.45) is 1.59. The van der Waals surface area contributed by atoms with Gasteiger partial charge in [0.1, 0.15) is 10.8 Å². The van der Waals surface area contributed by atoms with E-state index in [1.807, 2.05) is 17.7 Å². The fraction of sp³-hybridized carbons (Fsp3) is 0.0556. The molecule has 0 amide bonds. The first-order valence-electron chi connectivity index (χ1n) is 8.29. The van der Waals surface area contributed by atoms with Crippen LogP contribution in [0.2, 0.25) is 0 Å². The number of hydrogen-bond acceptors (Lipinski definition) is 7. The summed E-state index contributed by atoms with van der Waals surface area (Å²) in [5.74, 6) is 1.20. The van der Waals surface area contributed by atoms with E-state index in [0.29, 0.717) is 38.8 Å². The number of rotatable bonds is 4. The van der Waals surface area contributed by atoms with Gasteiger partial charge < -0.3 is 8.98 Å². The molecule has 0 saturated carbocycles. The van der Waals surface area contributed by atoms with Crippen molar-refractivity contribution in [3.05, 3.63) is 60.6 Å². The Labute approximate surface area is 162 Å². The Morgan fingerprint density at radius 3 is 2.61 bits per heavy atom. The molecule has 0 aliphatic rings. The lowest BCUT2D eigenvalue weighted by Crippen LogP contribution is -1.99. The highest BCUT2D eigenvalue weighted by Crippen LogP contribution is 2.28. The maximum Gasteiger partial charge on any atom is 0.200 e. The van der Waals surface area contributed by atoms with Gasteiger partial charge in [-0.15, -0.1) is 20.4 Å². The number of aromatic nitrogens is 7. The standard InChI is InChI=1S/C18H12FN7OS/c1-25-17(13-7-4-10-27-13)22-23-18(25)28-15-9-8-14-20-21-16(26(14)24-15)11-5-2-3-6-12(11)19/h2-10H,1H3. The minimum atomic E-state index is -0.381.